The molecule has 1 atom stereocenters. The van der Waals surface area contributed by atoms with Crippen LogP contribution in [0.3, 0.4) is 0 Å². The van der Waals surface area contributed by atoms with Crippen LogP contribution in [0.1, 0.15) is 6.92 Å². The molecular weight excluding hydrogens is 197 g/mol. The average Bonchev–Trinajstić information content (AvgIpc) is 1.80. The Kier molecular flexibility index (Phi) is 6.10. The minimum Gasteiger partial charge on any atom is -0.346 e. The Morgan fingerprint density at radius 3 is 2.25 bits per heavy atom. The summed E-state index contributed by atoms with van der Waals surface area (Å²) in [6.07, 6.45) is -4.37. The average molecular weight is 207 g/mol. The molecule has 0 bridgehead atoms. The van der Waals surface area contributed by atoms with E-state index in [1.54, 1.807) is 5.32 Å². The number of amides is 1. The van der Waals surface area contributed by atoms with Crippen LogP contribution in [0.2, 0.25) is 0 Å². The molecule has 7 heteroatoms. The predicted octanol–water partition coefficient (Wildman–Crippen LogP) is 0.434. The number of carbonyl (C=O) groups excluding carboxylic acids is 1. The summed E-state index contributed by atoms with van der Waals surface area (Å²) in [5, 5.41) is 1.63. The molecule has 3 N–H and O–H groups in total. The van der Waals surface area contributed by atoms with Crippen LogP contribution < -0.4 is 11.1 Å². The third kappa shape index (κ3) is 7.62. The molecular formula is C5H10ClF3N2O. The fourth-order valence-electron chi connectivity index (χ4n) is 0.348. The van der Waals surface area contributed by atoms with Crippen molar-refractivity contribution in [3.05, 3.63) is 0 Å². The molecule has 0 aromatic rings. The molecule has 0 rings (SSSR count). The van der Waals surface area contributed by atoms with Crippen molar-refractivity contribution < 1.29 is 18.0 Å². The zero-order valence-corrected chi connectivity index (χ0v) is 7.13. The van der Waals surface area contributed by atoms with Crippen molar-refractivity contribution in [2.45, 2.75) is 19.1 Å². The Bertz CT molecular complexity index is 148. The Morgan fingerprint density at radius 2 is 2.00 bits per heavy atom. The molecule has 0 radical (unpaired) electrons. The van der Waals surface area contributed by atoms with Crippen LogP contribution in [0.5, 0.6) is 0 Å². The maximum Gasteiger partial charge on any atom is 0.405 e. The highest BCUT2D eigenvalue weighted by Gasteiger charge is 2.27. The monoisotopic (exact) mass is 206 g/mol. The van der Waals surface area contributed by atoms with Gasteiger partial charge in [-0.1, -0.05) is 0 Å². The van der Waals surface area contributed by atoms with Gasteiger partial charge in [0, 0.05) is 0 Å². The van der Waals surface area contributed by atoms with Gasteiger partial charge in [0.05, 0.1) is 6.04 Å². The first kappa shape index (κ1) is 14.1. The lowest BCUT2D eigenvalue weighted by Crippen LogP contribution is -2.42. The van der Waals surface area contributed by atoms with Gasteiger partial charge in [0.25, 0.3) is 0 Å². The van der Waals surface area contributed by atoms with E-state index in [4.69, 9.17) is 5.73 Å². The third-order valence-electron chi connectivity index (χ3n) is 0.877. The first-order valence-electron chi connectivity index (χ1n) is 2.93. The van der Waals surface area contributed by atoms with E-state index < -0.39 is 24.7 Å². The molecule has 12 heavy (non-hydrogen) atoms. The van der Waals surface area contributed by atoms with Crippen molar-refractivity contribution in [2.75, 3.05) is 6.54 Å². The van der Waals surface area contributed by atoms with E-state index in [0.29, 0.717) is 0 Å². The molecule has 74 valence electrons. The summed E-state index contributed by atoms with van der Waals surface area (Å²) in [6, 6.07) is -0.905. The minimum absolute atomic E-state index is 0. The molecule has 0 aromatic heterocycles. The topological polar surface area (TPSA) is 55.1 Å². The molecule has 0 aliphatic carbocycles. The number of halogens is 4. The van der Waals surface area contributed by atoms with E-state index >= 15 is 0 Å². The lowest BCUT2D eigenvalue weighted by atomic mass is 10.3. The number of nitrogens with two attached hydrogens (primary N) is 1. The van der Waals surface area contributed by atoms with E-state index in [2.05, 4.69) is 0 Å². The maximum absolute atomic E-state index is 11.4. The SMILES string of the molecule is C[C@@H](N)C(=O)NCC(F)(F)F.Cl. The lowest BCUT2D eigenvalue weighted by molar-refractivity contribution is -0.138. The van der Waals surface area contributed by atoms with Gasteiger partial charge in [0.1, 0.15) is 6.54 Å². The highest BCUT2D eigenvalue weighted by atomic mass is 35.5. The standard InChI is InChI=1S/C5H9F3N2O.ClH/c1-3(9)4(11)10-2-5(6,7)8;/h3H,2,9H2,1H3,(H,10,11);1H/t3-;/m1./s1. The fraction of sp³-hybridized carbons (Fsp3) is 0.800. The molecule has 0 saturated carbocycles. The van der Waals surface area contributed by atoms with Crippen molar-refractivity contribution in [1.29, 1.82) is 0 Å². The Hall–Kier alpha value is -0.490. The summed E-state index contributed by atoms with van der Waals surface area (Å²) in [5.74, 6) is -0.803. The zero-order valence-electron chi connectivity index (χ0n) is 6.31. The van der Waals surface area contributed by atoms with Crippen molar-refractivity contribution in [3.8, 4) is 0 Å². The van der Waals surface area contributed by atoms with Crippen molar-refractivity contribution >= 4 is 18.3 Å². The lowest BCUT2D eigenvalue weighted by Gasteiger charge is -2.09. The second-order valence-electron chi connectivity index (χ2n) is 2.12. The fourth-order valence-corrected chi connectivity index (χ4v) is 0.348. The largest absolute Gasteiger partial charge is 0.405 e. The summed E-state index contributed by atoms with van der Waals surface area (Å²) in [5.41, 5.74) is 4.99. The van der Waals surface area contributed by atoms with E-state index in [-0.39, 0.29) is 12.4 Å². The van der Waals surface area contributed by atoms with Crippen LogP contribution in [0.15, 0.2) is 0 Å². The third-order valence-corrected chi connectivity index (χ3v) is 0.877. The van der Waals surface area contributed by atoms with Gasteiger partial charge in [-0.3, -0.25) is 4.79 Å². The molecule has 0 fully saturated rings. The molecule has 1 amide bonds. The number of hydrogen-bond donors (Lipinski definition) is 2. The molecule has 0 saturated heterocycles. The van der Waals surface area contributed by atoms with E-state index in [1.165, 1.54) is 6.92 Å². The number of carbonyl (C=O) groups is 1. The molecule has 3 nitrogen and oxygen atoms in total. The maximum atomic E-state index is 11.4. The molecule has 0 aromatic carbocycles. The number of rotatable bonds is 2. The smallest absolute Gasteiger partial charge is 0.346 e. The van der Waals surface area contributed by atoms with Crippen LogP contribution in [-0.2, 0) is 4.79 Å². The summed E-state index contributed by atoms with van der Waals surface area (Å²) in [7, 11) is 0. The van der Waals surface area contributed by atoms with Crippen molar-refractivity contribution in [2.24, 2.45) is 5.73 Å². The minimum atomic E-state index is -4.37. The van der Waals surface area contributed by atoms with Gasteiger partial charge in [-0.15, -0.1) is 12.4 Å². The Balaban J connectivity index is 0. The van der Waals surface area contributed by atoms with E-state index in [0.717, 1.165) is 0 Å². The molecule has 0 spiro atoms. The molecule has 0 unspecified atom stereocenters. The van der Waals surface area contributed by atoms with Gasteiger partial charge in [0.15, 0.2) is 0 Å². The number of alkyl halides is 3. The van der Waals surface area contributed by atoms with Gasteiger partial charge >= 0.3 is 6.18 Å². The summed E-state index contributed by atoms with van der Waals surface area (Å²) in [6.45, 7) is -0.0148. The van der Waals surface area contributed by atoms with Crippen molar-refractivity contribution in [1.82, 2.24) is 5.32 Å². The van der Waals surface area contributed by atoms with Gasteiger partial charge < -0.3 is 11.1 Å². The molecule has 0 heterocycles. The normalized spacial score (nSPS) is 13.1. The van der Waals surface area contributed by atoms with Crippen LogP contribution in [-0.4, -0.2) is 24.7 Å². The number of hydrogen-bond acceptors (Lipinski definition) is 2. The van der Waals surface area contributed by atoms with Crippen LogP contribution in [0, 0.1) is 0 Å². The second kappa shape index (κ2) is 5.21. The van der Waals surface area contributed by atoms with E-state index in [1.807, 2.05) is 0 Å². The zero-order chi connectivity index (χ0) is 9.07. The first-order valence-corrected chi connectivity index (χ1v) is 2.93. The highest BCUT2D eigenvalue weighted by molar-refractivity contribution is 5.85. The van der Waals surface area contributed by atoms with Gasteiger partial charge in [-0.2, -0.15) is 13.2 Å². The Morgan fingerprint density at radius 1 is 1.58 bits per heavy atom. The van der Waals surface area contributed by atoms with Crippen LogP contribution in [0.4, 0.5) is 13.2 Å². The van der Waals surface area contributed by atoms with Gasteiger partial charge in [0.2, 0.25) is 5.91 Å². The van der Waals surface area contributed by atoms with Crippen molar-refractivity contribution in [3.63, 3.8) is 0 Å². The summed E-state index contributed by atoms with van der Waals surface area (Å²) < 4.78 is 34.3. The number of nitrogens with one attached hydrogen (secondary N) is 1. The van der Waals surface area contributed by atoms with Gasteiger partial charge in [-0.05, 0) is 6.92 Å². The highest BCUT2D eigenvalue weighted by Crippen LogP contribution is 2.11. The first-order chi connectivity index (χ1) is 4.83. The van der Waals surface area contributed by atoms with Gasteiger partial charge in [-0.25, -0.2) is 0 Å². The van der Waals surface area contributed by atoms with E-state index in [9.17, 15) is 18.0 Å². The summed E-state index contributed by atoms with van der Waals surface area (Å²) >= 11 is 0. The van der Waals surface area contributed by atoms with Crippen LogP contribution >= 0.6 is 12.4 Å². The quantitative estimate of drug-likeness (QED) is 0.689. The Labute approximate surface area is 73.9 Å². The predicted molar refractivity (Wildman–Crippen MR) is 40.0 cm³/mol. The molecule has 0 aliphatic heterocycles. The summed E-state index contributed by atoms with van der Waals surface area (Å²) in [4.78, 5) is 10.5. The van der Waals surface area contributed by atoms with Crippen LogP contribution in [0.25, 0.3) is 0 Å². The second-order valence-corrected chi connectivity index (χ2v) is 2.12. The molecule has 0 aliphatic rings.